The van der Waals surface area contributed by atoms with Gasteiger partial charge in [-0.15, -0.1) is 0 Å². The van der Waals surface area contributed by atoms with Crippen molar-refractivity contribution in [3.63, 3.8) is 0 Å². The van der Waals surface area contributed by atoms with Gasteiger partial charge in [0.1, 0.15) is 0 Å². The monoisotopic (exact) mass is 235 g/mol. The van der Waals surface area contributed by atoms with Crippen molar-refractivity contribution in [2.45, 2.75) is 25.2 Å². The molecule has 1 unspecified atom stereocenters. The largest absolute Gasteiger partial charge is 0.633 e. The van der Waals surface area contributed by atoms with E-state index in [-0.39, 0.29) is 17.2 Å². The molecule has 17 heavy (non-hydrogen) atoms. The molecule has 1 aromatic carbocycles. The van der Waals surface area contributed by atoms with Crippen molar-refractivity contribution in [1.82, 2.24) is 0 Å². The zero-order chi connectivity index (χ0) is 12.1. The summed E-state index contributed by atoms with van der Waals surface area (Å²) in [5.41, 5.74) is 1.08. The SMILES string of the molecule is [O-][N+]1(CC(CO)c2ccccc2)CCCCC1. The maximum absolute atomic E-state index is 12.5. The van der Waals surface area contributed by atoms with Crippen molar-refractivity contribution in [1.29, 1.82) is 0 Å². The Morgan fingerprint density at radius 1 is 1.12 bits per heavy atom. The number of hydrogen-bond acceptors (Lipinski definition) is 2. The number of aliphatic hydroxyl groups excluding tert-OH is 1. The van der Waals surface area contributed by atoms with E-state index in [0.717, 1.165) is 18.4 Å². The van der Waals surface area contributed by atoms with Crippen LogP contribution in [-0.4, -0.2) is 36.0 Å². The Kier molecular flexibility index (Phi) is 4.15. The second kappa shape index (κ2) is 5.63. The molecule has 0 aromatic heterocycles. The van der Waals surface area contributed by atoms with E-state index in [4.69, 9.17) is 0 Å². The third-order valence-electron chi connectivity index (χ3n) is 3.68. The number of benzene rings is 1. The Hall–Kier alpha value is -0.900. The lowest BCUT2D eigenvalue weighted by atomic mass is 9.98. The molecule has 94 valence electrons. The molecule has 3 nitrogen and oxygen atoms in total. The Labute approximate surface area is 103 Å². The molecule has 1 N–H and O–H groups in total. The molecule has 1 aliphatic heterocycles. The fraction of sp³-hybridized carbons (Fsp3) is 0.571. The number of quaternary nitrogens is 1. The predicted molar refractivity (Wildman–Crippen MR) is 68.3 cm³/mol. The number of aliphatic hydroxyl groups is 1. The van der Waals surface area contributed by atoms with Crippen LogP contribution in [-0.2, 0) is 0 Å². The van der Waals surface area contributed by atoms with Crippen LogP contribution in [0.2, 0.25) is 0 Å². The molecule has 1 fully saturated rings. The van der Waals surface area contributed by atoms with Crippen molar-refractivity contribution in [3.8, 4) is 0 Å². The van der Waals surface area contributed by atoms with E-state index in [1.54, 1.807) is 0 Å². The maximum Gasteiger partial charge on any atom is 0.0876 e. The van der Waals surface area contributed by atoms with Gasteiger partial charge in [0, 0.05) is 0 Å². The van der Waals surface area contributed by atoms with Crippen LogP contribution < -0.4 is 0 Å². The first kappa shape index (κ1) is 12.6. The summed E-state index contributed by atoms with van der Waals surface area (Å²) in [5, 5.41) is 22.0. The van der Waals surface area contributed by atoms with Crippen LogP contribution in [0.3, 0.4) is 0 Å². The molecule has 3 heteroatoms. The van der Waals surface area contributed by atoms with Gasteiger partial charge in [-0.3, -0.25) is 0 Å². The molecule has 2 rings (SSSR count). The Bertz CT molecular complexity index is 333. The second-order valence-electron chi connectivity index (χ2n) is 5.04. The first-order valence-corrected chi connectivity index (χ1v) is 6.46. The molecule has 1 saturated heterocycles. The highest BCUT2D eigenvalue weighted by Gasteiger charge is 2.25. The van der Waals surface area contributed by atoms with Crippen LogP contribution in [0.25, 0.3) is 0 Å². The van der Waals surface area contributed by atoms with E-state index in [0.29, 0.717) is 19.6 Å². The molecule has 1 heterocycles. The van der Waals surface area contributed by atoms with E-state index >= 15 is 0 Å². The van der Waals surface area contributed by atoms with E-state index in [9.17, 15) is 10.3 Å². The minimum Gasteiger partial charge on any atom is -0.633 e. The fourth-order valence-corrected chi connectivity index (χ4v) is 2.67. The summed E-state index contributed by atoms with van der Waals surface area (Å²) < 4.78 is -0.125. The van der Waals surface area contributed by atoms with Gasteiger partial charge in [0.05, 0.1) is 32.2 Å². The van der Waals surface area contributed by atoms with Crippen molar-refractivity contribution >= 4 is 0 Å². The summed E-state index contributed by atoms with van der Waals surface area (Å²) in [6, 6.07) is 9.88. The Morgan fingerprint density at radius 2 is 1.76 bits per heavy atom. The molecule has 0 radical (unpaired) electrons. The van der Waals surface area contributed by atoms with Crippen LogP contribution in [0.5, 0.6) is 0 Å². The third kappa shape index (κ3) is 3.28. The topological polar surface area (TPSA) is 43.3 Å². The quantitative estimate of drug-likeness (QED) is 0.642. The van der Waals surface area contributed by atoms with Gasteiger partial charge in [0.15, 0.2) is 0 Å². The standard InChI is InChI=1S/C14H21NO2/c16-12-14(13-7-3-1-4-8-13)11-15(17)9-5-2-6-10-15/h1,3-4,7-8,14,16H,2,5-6,9-12H2. The fourth-order valence-electron chi connectivity index (χ4n) is 2.67. The summed E-state index contributed by atoms with van der Waals surface area (Å²) in [5.74, 6) is -0.0215. The van der Waals surface area contributed by atoms with Gasteiger partial charge in [-0.25, -0.2) is 0 Å². The maximum atomic E-state index is 12.5. The van der Waals surface area contributed by atoms with Crippen molar-refractivity contribution < 1.29 is 9.75 Å². The van der Waals surface area contributed by atoms with Gasteiger partial charge in [0.25, 0.3) is 0 Å². The minimum atomic E-state index is -0.125. The van der Waals surface area contributed by atoms with Crippen molar-refractivity contribution in [2.75, 3.05) is 26.2 Å². The molecular weight excluding hydrogens is 214 g/mol. The van der Waals surface area contributed by atoms with Crippen molar-refractivity contribution in [2.24, 2.45) is 0 Å². The average molecular weight is 235 g/mol. The number of hydrogen-bond donors (Lipinski definition) is 1. The number of hydroxylamine groups is 3. The first-order chi connectivity index (χ1) is 8.23. The summed E-state index contributed by atoms with van der Waals surface area (Å²) in [6.07, 6.45) is 3.23. The molecule has 1 aromatic rings. The van der Waals surface area contributed by atoms with E-state index in [1.165, 1.54) is 6.42 Å². The molecular formula is C14H21NO2. The zero-order valence-corrected chi connectivity index (χ0v) is 10.2. The van der Waals surface area contributed by atoms with Crippen LogP contribution >= 0.6 is 0 Å². The highest BCUT2D eigenvalue weighted by atomic mass is 16.5. The number of nitrogens with zero attached hydrogens (tertiary/aromatic N) is 1. The Balaban J connectivity index is 2.04. The molecule has 0 amide bonds. The molecule has 1 atom stereocenters. The summed E-state index contributed by atoms with van der Waals surface area (Å²) in [4.78, 5) is 0. The van der Waals surface area contributed by atoms with Crippen molar-refractivity contribution in [3.05, 3.63) is 41.1 Å². The lowest BCUT2D eigenvalue weighted by Crippen LogP contribution is -2.49. The molecule has 0 aliphatic carbocycles. The normalized spacial score (nSPS) is 21.1. The second-order valence-corrected chi connectivity index (χ2v) is 5.04. The third-order valence-corrected chi connectivity index (χ3v) is 3.68. The van der Waals surface area contributed by atoms with Gasteiger partial charge in [-0.05, 0) is 24.8 Å². The van der Waals surface area contributed by atoms with E-state index in [1.807, 2.05) is 30.3 Å². The highest BCUT2D eigenvalue weighted by molar-refractivity contribution is 5.19. The van der Waals surface area contributed by atoms with Gasteiger partial charge in [0.2, 0.25) is 0 Å². The number of likely N-dealkylation sites (tertiary alicyclic amines) is 1. The first-order valence-electron chi connectivity index (χ1n) is 6.46. The van der Waals surface area contributed by atoms with Gasteiger partial charge >= 0.3 is 0 Å². The average Bonchev–Trinajstić information content (AvgIpc) is 2.38. The molecule has 0 saturated carbocycles. The Morgan fingerprint density at radius 3 is 2.35 bits per heavy atom. The molecule has 1 aliphatic rings. The van der Waals surface area contributed by atoms with Crippen LogP contribution in [0.4, 0.5) is 0 Å². The van der Waals surface area contributed by atoms with E-state index < -0.39 is 0 Å². The van der Waals surface area contributed by atoms with Gasteiger partial charge in [-0.1, -0.05) is 30.3 Å². The summed E-state index contributed by atoms with van der Waals surface area (Å²) >= 11 is 0. The summed E-state index contributed by atoms with van der Waals surface area (Å²) in [7, 11) is 0. The van der Waals surface area contributed by atoms with Crippen LogP contribution in [0, 0.1) is 5.21 Å². The summed E-state index contributed by atoms with van der Waals surface area (Å²) in [6.45, 7) is 2.00. The molecule has 0 bridgehead atoms. The highest BCUT2D eigenvalue weighted by Crippen LogP contribution is 2.24. The number of piperidine rings is 1. The lowest BCUT2D eigenvalue weighted by molar-refractivity contribution is -0.886. The molecule has 0 spiro atoms. The number of rotatable bonds is 4. The van der Waals surface area contributed by atoms with Crippen LogP contribution in [0.1, 0.15) is 30.7 Å². The smallest absolute Gasteiger partial charge is 0.0876 e. The predicted octanol–water partition coefficient (Wildman–Crippen LogP) is 2.26. The van der Waals surface area contributed by atoms with Gasteiger partial charge < -0.3 is 15.0 Å². The van der Waals surface area contributed by atoms with Crippen LogP contribution in [0.15, 0.2) is 30.3 Å². The van der Waals surface area contributed by atoms with Gasteiger partial charge in [-0.2, -0.15) is 0 Å². The zero-order valence-electron chi connectivity index (χ0n) is 10.2. The minimum absolute atomic E-state index is 0.0215. The lowest BCUT2D eigenvalue weighted by Gasteiger charge is -2.47. The van der Waals surface area contributed by atoms with E-state index in [2.05, 4.69) is 0 Å².